The Balaban J connectivity index is 1.15. The molecule has 59 heavy (non-hydrogen) atoms. The van der Waals surface area contributed by atoms with Crippen molar-refractivity contribution in [1.29, 1.82) is 0 Å². The topological polar surface area (TPSA) is 3.24 Å². The van der Waals surface area contributed by atoms with Crippen molar-refractivity contribution in [2.75, 3.05) is 4.90 Å². The fraction of sp³-hybridized carbons (Fsp3) is 0.0175. The molecule has 0 saturated carbocycles. The normalized spacial score (nSPS) is 14.8. The minimum absolute atomic E-state index is 0.602. The van der Waals surface area contributed by atoms with Gasteiger partial charge >= 0.3 is 0 Å². The molecule has 2 heteroatoms. The molecule has 2 aliphatic rings. The van der Waals surface area contributed by atoms with Gasteiger partial charge in [0.25, 0.3) is 0 Å². The van der Waals surface area contributed by atoms with Crippen molar-refractivity contribution in [1.82, 2.24) is 0 Å². The summed E-state index contributed by atoms with van der Waals surface area (Å²) in [5, 5.41) is 7.83. The average molecular weight is 766 g/mol. The van der Waals surface area contributed by atoms with Gasteiger partial charge in [-0.25, -0.2) is 0 Å². The van der Waals surface area contributed by atoms with Crippen LogP contribution in [0.25, 0.3) is 75.1 Å². The number of benzene rings is 10. The number of nitrogens with zero attached hydrogens (tertiary/aromatic N) is 1. The van der Waals surface area contributed by atoms with Crippen LogP contribution in [0.4, 0.5) is 17.1 Å². The number of para-hydroxylation sites is 1. The molecule has 10 aromatic carbocycles. The summed E-state index contributed by atoms with van der Waals surface area (Å²) in [5.74, 6) is 0. The van der Waals surface area contributed by atoms with Crippen LogP contribution in [0, 0.1) is 0 Å². The summed E-state index contributed by atoms with van der Waals surface area (Å²) in [5.41, 5.74) is 15.8. The van der Waals surface area contributed by atoms with E-state index in [2.05, 4.69) is 217 Å². The van der Waals surface area contributed by atoms with Gasteiger partial charge in [0.1, 0.15) is 0 Å². The molecular formula is C57H35NS. The van der Waals surface area contributed by atoms with Crippen LogP contribution >= 0.6 is 11.3 Å². The summed E-state index contributed by atoms with van der Waals surface area (Å²) >= 11 is 1.87. The van der Waals surface area contributed by atoms with Gasteiger partial charge in [0.2, 0.25) is 0 Å². The molecule has 0 radical (unpaired) electrons. The predicted molar refractivity (Wildman–Crippen MR) is 251 cm³/mol. The minimum atomic E-state index is -0.602. The fourth-order valence-electron chi connectivity index (χ4n) is 10.7. The third kappa shape index (κ3) is 4.50. The summed E-state index contributed by atoms with van der Waals surface area (Å²) in [4.78, 5) is 2.45. The second-order valence-corrected chi connectivity index (χ2v) is 17.0. The van der Waals surface area contributed by atoms with Gasteiger partial charge in [0.05, 0.1) is 5.41 Å². The molecule has 1 nitrogen and oxygen atoms in total. The summed E-state index contributed by atoms with van der Waals surface area (Å²) in [6.07, 6.45) is 0. The average Bonchev–Trinajstić information content (AvgIpc) is 3.68. The Morgan fingerprint density at radius 1 is 0.322 bits per heavy atom. The molecule has 1 atom stereocenters. The largest absolute Gasteiger partial charge is 0.310 e. The lowest BCUT2D eigenvalue weighted by atomic mass is 9.55. The molecule has 1 aromatic heterocycles. The molecule has 0 N–H and O–H groups in total. The number of hydrogen-bond acceptors (Lipinski definition) is 2. The quantitative estimate of drug-likeness (QED) is 0.172. The Morgan fingerprint density at radius 3 is 1.78 bits per heavy atom. The molecule has 0 aliphatic heterocycles. The van der Waals surface area contributed by atoms with Gasteiger partial charge in [-0.1, -0.05) is 170 Å². The van der Waals surface area contributed by atoms with Gasteiger partial charge in [0, 0.05) is 37.2 Å². The summed E-state index contributed by atoms with van der Waals surface area (Å²) in [6.45, 7) is 0. The summed E-state index contributed by atoms with van der Waals surface area (Å²) < 4.78 is 2.61. The van der Waals surface area contributed by atoms with Crippen molar-refractivity contribution in [3.8, 4) is 33.4 Å². The van der Waals surface area contributed by atoms with Crippen molar-refractivity contribution in [2.24, 2.45) is 0 Å². The lowest BCUT2D eigenvalue weighted by molar-refractivity contribution is 0.754. The Bertz CT molecular complexity index is 3500. The second kappa shape index (κ2) is 12.4. The highest BCUT2D eigenvalue weighted by molar-refractivity contribution is 7.25. The van der Waals surface area contributed by atoms with Gasteiger partial charge < -0.3 is 4.90 Å². The van der Waals surface area contributed by atoms with E-state index in [9.17, 15) is 0 Å². The van der Waals surface area contributed by atoms with Crippen LogP contribution < -0.4 is 4.90 Å². The number of hydrogen-bond donors (Lipinski definition) is 0. The van der Waals surface area contributed by atoms with Crippen LogP contribution in [-0.4, -0.2) is 0 Å². The first kappa shape index (κ1) is 32.8. The molecule has 0 fully saturated rings. The van der Waals surface area contributed by atoms with E-state index in [1.54, 1.807) is 0 Å². The maximum Gasteiger partial charge on any atom is 0.0726 e. The molecule has 1 heterocycles. The van der Waals surface area contributed by atoms with Gasteiger partial charge in [-0.15, -0.1) is 11.3 Å². The molecule has 274 valence electrons. The van der Waals surface area contributed by atoms with Crippen LogP contribution in [0.1, 0.15) is 22.3 Å². The smallest absolute Gasteiger partial charge is 0.0726 e. The summed E-state index contributed by atoms with van der Waals surface area (Å²) in [6, 6.07) is 79.6. The van der Waals surface area contributed by atoms with Gasteiger partial charge in [0.15, 0.2) is 0 Å². The second-order valence-electron chi connectivity index (χ2n) is 15.9. The minimum Gasteiger partial charge on any atom is -0.310 e. The van der Waals surface area contributed by atoms with E-state index in [0.29, 0.717) is 0 Å². The fourth-order valence-corrected chi connectivity index (χ4v) is 11.8. The molecule has 1 unspecified atom stereocenters. The Hall–Kier alpha value is -7.26. The van der Waals surface area contributed by atoms with Gasteiger partial charge in [-0.3, -0.25) is 0 Å². The van der Waals surface area contributed by atoms with Crippen LogP contribution in [0.2, 0.25) is 0 Å². The lowest BCUT2D eigenvalue weighted by Gasteiger charge is -2.46. The molecule has 0 saturated heterocycles. The zero-order chi connectivity index (χ0) is 38.7. The molecule has 11 aromatic rings. The maximum atomic E-state index is 2.52. The molecular weight excluding hydrogens is 731 g/mol. The zero-order valence-corrected chi connectivity index (χ0v) is 32.9. The van der Waals surface area contributed by atoms with Crippen molar-refractivity contribution in [3.05, 3.63) is 235 Å². The van der Waals surface area contributed by atoms with Crippen LogP contribution in [-0.2, 0) is 5.41 Å². The lowest BCUT2D eigenvalue weighted by Crippen LogP contribution is -2.36. The van der Waals surface area contributed by atoms with E-state index in [-0.39, 0.29) is 0 Å². The van der Waals surface area contributed by atoms with E-state index < -0.39 is 5.41 Å². The SMILES string of the molecule is c1ccc(-c2ccc3c4c(cccc24)C2(c4cc(N(c5ccccc5)c5ccc6c(c5)sc5ccccc56)ccc4-c4cccc5cccc2c45)c2ccccc2-3)cc1. The molecule has 2 aliphatic carbocycles. The Morgan fingerprint density at radius 2 is 0.898 bits per heavy atom. The van der Waals surface area contributed by atoms with E-state index >= 15 is 0 Å². The highest BCUT2D eigenvalue weighted by Gasteiger charge is 2.49. The van der Waals surface area contributed by atoms with E-state index in [1.807, 2.05) is 11.3 Å². The number of anilines is 3. The third-order valence-electron chi connectivity index (χ3n) is 13.0. The van der Waals surface area contributed by atoms with Crippen LogP contribution in [0.3, 0.4) is 0 Å². The first-order valence-corrected chi connectivity index (χ1v) is 21.2. The Kier molecular flexibility index (Phi) is 6.87. The van der Waals surface area contributed by atoms with Crippen molar-refractivity contribution in [3.63, 3.8) is 0 Å². The number of fused-ring (bicyclic) bond motifs is 11. The predicted octanol–water partition coefficient (Wildman–Crippen LogP) is 15.8. The molecule has 0 amide bonds. The van der Waals surface area contributed by atoms with Gasteiger partial charge in [-0.2, -0.15) is 0 Å². The monoisotopic (exact) mass is 765 g/mol. The van der Waals surface area contributed by atoms with Crippen LogP contribution in [0.5, 0.6) is 0 Å². The first-order chi connectivity index (χ1) is 29.3. The third-order valence-corrected chi connectivity index (χ3v) is 14.2. The van der Waals surface area contributed by atoms with E-state index in [4.69, 9.17) is 0 Å². The highest BCUT2D eigenvalue weighted by atomic mass is 32.1. The van der Waals surface area contributed by atoms with E-state index in [1.165, 1.54) is 97.4 Å². The molecule has 0 bridgehead atoms. The Labute approximate surface area is 346 Å². The van der Waals surface area contributed by atoms with Crippen molar-refractivity contribution >= 4 is 70.1 Å². The number of rotatable bonds is 4. The van der Waals surface area contributed by atoms with E-state index in [0.717, 1.165) is 17.1 Å². The summed E-state index contributed by atoms with van der Waals surface area (Å²) in [7, 11) is 0. The first-order valence-electron chi connectivity index (χ1n) is 20.4. The van der Waals surface area contributed by atoms with Crippen molar-refractivity contribution < 1.29 is 0 Å². The number of thiophene rings is 1. The molecule has 1 spiro atoms. The van der Waals surface area contributed by atoms with Crippen molar-refractivity contribution in [2.45, 2.75) is 5.41 Å². The zero-order valence-electron chi connectivity index (χ0n) is 32.1. The highest BCUT2D eigenvalue weighted by Crippen LogP contribution is 2.62. The maximum absolute atomic E-state index is 2.52. The van der Waals surface area contributed by atoms with Crippen LogP contribution in [0.15, 0.2) is 212 Å². The van der Waals surface area contributed by atoms with Gasteiger partial charge in [-0.05, 0) is 120 Å². The molecule has 13 rings (SSSR count). The standard InChI is InChI=1S/C57H35NS/c1-3-14-36(15-4-1)41-32-33-48-42-20-7-9-24-49(42)57(51-26-13-23-46(41)56(48)51)50-25-12-17-37-16-11-22-47(55(37)50)43-30-28-39(34-52(43)57)58(38-18-5-2-6-19-38)40-29-31-45-44-21-8-10-27-53(44)59-54(45)35-40/h1-35H.